The number of carbonyl (C=O) groups is 1. The summed E-state index contributed by atoms with van der Waals surface area (Å²) in [6.45, 7) is 3.41. The van der Waals surface area contributed by atoms with Gasteiger partial charge in [0.05, 0.1) is 12.7 Å². The summed E-state index contributed by atoms with van der Waals surface area (Å²) in [4.78, 5) is 17.0. The van der Waals surface area contributed by atoms with Crippen molar-refractivity contribution >= 4 is 5.91 Å². The summed E-state index contributed by atoms with van der Waals surface area (Å²) in [6.07, 6.45) is 1.35. The van der Waals surface area contributed by atoms with Crippen molar-refractivity contribution in [1.82, 2.24) is 9.80 Å². The van der Waals surface area contributed by atoms with Crippen LogP contribution in [0, 0.1) is 17.6 Å². The Kier molecular flexibility index (Phi) is 7.90. The van der Waals surface area contributed by atoms with Crippen molar-refractivity contribution in [3.05, 3.63) is 65.7 Å². The van der Waals surface area contributed by atoms with E-state index in [1.54, 1.807) is 0 Å². The van der Waals surface area contributed by atoms with Crippen LogP contribution in [0.5, 0.6) is 5.75 Å². The first kappa shape index (κ1) is 23.6. The lowest BCUT2D eigenvalue weighted by Gasteiger charge is -2.36. The number of benzene rings is 2. The molecule has 0 spiro atoms. The van der Waals surface area contributed by atoms with E-state index in [9.17, 15) is 18.7 Å². The molecule has 1 aliphatic carbocycles. The Morgan fingerprint density at radius 2 is 1.76 bits per heavy atom. The largest absolute Gasteiger partial charge is 0.491 e. The van der Waals surface area contributed by atoms with Crippen molar-refractivity contribution in [2.75, 3.05) is 45.9 Å². The summed E-state index contributed by atoms with van der Waals surface area (Å²) < 4.78 is 37.7. The molecule has 2 aliphatic rings. The van der Waals surface area contributed by atoms with Crippen LogP contribution in [0.15, 0.2) is 48.5 Å². The highest BCUT2D eigenvalue weighted by molar-refractivity contribution is 5.94. The van der Waals surface area contributed by atoms with Gasteiger partial charge >= 0.3 is 0 Å². The Bertz CT molecular complexity index is 906. The van der Waals surface area contributed by atoms with Crippen LogP contribution in [0.1, 0.15) is 23.2 Å². The number of carbonyl (C=O) groups excluding carboxylic acids is 1. The second-order valence-electron chi connectivity index (χ2n) is 8.83. The number of amides is 1. The summed E-state index contributed by atoms with van der Waals surface area (Å²) in [6, 6.07) is 11.3. The average molecular weight is 461 g/mol. The molecule has 2 atom stereocenters. The van der Waals surface area contributed by atoms with E-state index in [1.165, 1.54) is 48.5 Å². The van der Waals surface area contributed by atoms with E-state index in [4.69, 9.17) is 9.47 Å². The quantitative estimate of drug-likeness (QED) is 0.591. The second-order valence-corrected chi connectivity index (χ2v) is 8.83. The van der Waals surface area contributed by atoms with Gasteiger partial charge in [0.2, 0.25) is 0 Å². The van der Waals surface area contributed by atoms with Crippen molar-refractivity contribution in [3.63, 3.8) is 0 Å². The normalized spacial score (nSPS) is 19.8. The molecule has 178 valence electrons. The second kappa shape index (κ2) is 11.0. The maximum absolute atomic E-state index is 13.3. The Hall–Kier alpha value is -2.55. The molecule has 33 heavy (non-hydrogen) atoms. The molecule has 1 aliphatic heterocycles. The minimum absolute atomic E-state index is 0.102. The van der Waals surface area contributed by atoms with Gasteiger partial charge < -0.3 is 19.5 Å². The number of aliphatic hydroxyl groups excluding tert-OH is 1. The summed E-state index contributed by atoms with van der Waals surface area (Å²) in [5.74, 6) is 0.199. The van der Waals surface area contributed by atoms with Gasteiger partial charge in [-0.05, 0) is 67.3 Å². The third-order valence-electron chi connectivity index (χ3n) is 5.93. The molecule has 1 heterocycles. The first-order chi connectivity index (χ1) is 16.0. The Morgan fingerprint density at radius 1 is 1.09 bits per heavy atom. The molecule has 2 aromatic rings. The molecule has 4 rings (SSSR count). The standard InChI is InChI=1S/C25H30F2N2O4/c26-20-5-3-19(4-6-20)25(31)29(13-18-1-2-18)16-24-15-28(11-12-32-24)14-22(30)17-33-23-9-7-21(27)8-10-23/h3-10,18,22,24,30H,1-2,11-17H2/t22-,24-/m1/s1. The first-order valence-corrected chi connectivity index (χ1v) is 11.4. The molecule has 6 nitrogen and oxygen atoms in total. The van der Waals surface area contributed by atoms with Gasteiger partial charge in [-0.2, -0.15) is 0 Å². The molecule has 2 aromatic carbocycles. The zero-order chi connectivity index (χ0) is 23.2. The van der Waals surface area contributed by atoms with Crippen LogP contribution in [0.4, 0.5) is 8.78 Å². The number of β-amino-alcohol motifs (C(OH)–C–C–N with tert-alkyl or cyclic N) is 1. The van der Waals surface area contributed by atoms with Gasteiger partial charge in [0.1, 0.15) is 30.1 Å². The molecule has 0 bridgehead atoms. The van der Waals surface area contributed by atoms with E-state index in [0.717, 1.165) is 12.8 Å². The number of hydrogen-bond donors (Lipinski definition) is 1. The number of halogens is 2. The van der Waals surface area contributed by atoms with Crippen molar-refractivity contribution in [1.29, 1.82) is 0 Å². The number of hydrogen-bond acceptors (Lipinski definition) is 5. The molecule has 1 saturated carbocycles. The maximum atomic E-state index is 13.3. The molecule has 1 amide bonds. The zero-order valence-corrected chi connectivity index (χ0v) is 18.5. The highest BCUT2D eigenvalue weighted by Crippen LogP contribution is 2.30. The fourth-order valence-corrected chi connectivity index (χ4v) is 4.00. The van der Waals surface area contributed by atoms with E-state index in [0.29, 0.717) is 56.6 Å². The van der Waals surface area contributed by atoms with Gasteiger partial charge in [-0.15, -0.1) is 0 Å². The highest BCUT2D eigenvalue weighted by Gasteiger charge is 2.31. The smallest absolute Gasteiger partial charge is 0.253 e. The number of morpholine rings is 1. The third kappa shape index (κ3) is 7.22. The number of aliphatic hydroxyl groups is 1. The van der Waals surface area contributed by atoms with E-state index < -0.39 is 6.10 Å². The van der Waals surface area contributed by atoms with Crippen molar-refractivity contribution in [2.24, 2.45) is 5.92 Å². The molecule has 2 fully saturated rings. The lowest BCUT2D eigenvalue weighted by Crippen LogP contribution is -2.51. The third-order valence-corrected chi connectivity index (χ3v) is 5.93. The average Bonchev–Trinajstić information content (AvgIpc) is 3.63. The summed E-state index contributed by atoms with van der Waals surface area (Å²) in [5.41, 5.74) is 0.470. The van der Waals surface area contributed by atoms with Gasteiger partial charge in [0.25, 0.3) is 5.91 Å². The van der Waals surface area contributed by atoms with Crippen LogP contribution in [0.25, 0.3) is 0 Å². The van der Waals surface area contributed by atoms with Crippen LogP contribution in [-0.2, 0) is 4.74 Å². The topological polar surface area (TPSA) is 62.2 Å². The molecule has 0 aromatic heterocycles. The molecular formula is C25H30F2N2O4. The number of nitrogens with zero attached hydrogens (tertiary/aromatic N) is 2. The van der Waals surface area contributed by atoms with Crippen LogP contribution >= 0.6 is 0 Å². The fourth-order valence-electron chi connectivity index (χ4n) is 4.00. The fraction of sp³-hybridized carbons (Fsp3) is 0.480. The van der Waals surface area contributed by atoms with E-state index in [-0.39, 0.29) is 30.3 Å². The minimum atomic E-state index is -0.711. The summed E-state index contributed by atoms with van der Waals surface area (Å²) in [5, 5.41) is 10.4. The molecule has 0 radical (unpaired) electrons. The molecule has 8 heteroatoms. The Balaban J connectivity index is 1.29. The van der Waals surface area contributed by atoms with E-state index in [1.807, 2.05) is 4.90 Å². The number of ether oxygens (including phenoxy) is 2. The highest BCUT2D eigenvalue weighted by atomic mass is 19.1. The van der Waals surface area contributed by atoms with E-state index in [2.05, 4.69) is 4.90 Å². The summed E-state index contributed by atoms with van der Waals surface area (Å²) >= 11 is 0. The van der Waals surface area contributed by atoms with Gasteiger partial charge in [-0.3, -0.25) is 9.69 Å². The van der Waals surface area contributed by atoms with Crippen LogP contribution in [-0.4, -0.2) is 79.0 Å². The van der Waals surface area contributed by atoms with Crippen molar-refractivity contribution in [2.45, 2.75) is 25.0 Å². The van der Waals surface area contributed by atoms with Gasteiger partial charge in [-0.25, -0.2) is 8.78 Å². The zero-order valence-electron chi connectivity index (χ0n) is 18.5. The number of rotatable bonds is 10. The molecule has 0 unspecified atom stereocenters. The monoisotopic (exact) mass is 460 g/mol. The first-order valence-electron chi connectivity index (χ1n) is 11.4. The van der Waals surface area contributed by atoms with Crippen LogP contribution in [0.2, 0.25) is 0 Å². The van der Waals surface area contributed by atoms with Gasteiger partial charge in [0.15, 0.2) is 0 Å². The molecular weight excluding hydrogens is 430 g/mol. The van der Waals surface area contributed by atoms with Crippen molar-refractivity contribution < 1.29 is 28.2 Å². The predicted octanol–water partition coefficient (Wildman–Crippen LogP) is 2.96. The molecule has 1 saturated heterocycles. The lowest BCUT2D eigenvalue weighted by atomic mass is 10.1. The van der Waals surface area contributed by atoms with Gasteiger partial charge in [-0.1, -0.05) is 0 Å². The van der Waals surface area contributed by atoms with Gasteiger partial charge in [0, 0.05) is 38.3 Å². The predicted molar refractivity (Wildman–Crippen MR) is 119 cm³/mol. The molecule has 1 N–H and O–H groups in total. The Morgan fingerprint density at radius 3 is 2.42 bits per heavy atom. The minimum Gasteiger partial charge on any atom is -0.491 e. The lowest BCUT2D eigenvalue weighted by molar-refractivity contribution is -0.0538. The van der Waals surface area contributed by atoms with Crippen LogP contribution in [0.3, 0.4) is 0 Å². The maximum Gasteiger partial charge on any atom is 0.253 e. The van der Waals surface area contributed by atoms with Crippen LogP contribution < -0.4 is 4.74 Å². The SMILES string of the molecule is O=C(c1ccc(F)cc1)N(CC1CC1)C[C@H]1CN(C[C@@H](O)COc2ccc(F)cc2)CCO1. The van der Waals surface area contributed by atoms with E-state index >= 15 is 0 Å². The Labute approximate surface area is 192 Å². The van der Waals surface area contributed by atoms with Crippen molar-refractivity contribution in [3.8, 4) is 5.75 Å². The summed E-state index contributed by atoms with van der Waals surface area (Å²) in [7, 11) is 0.